The number of nitrogens with one attached hydrogen (secondary N) is 2. The molecule has 0 atom stereocenters. The van der Waals surface area contributed by atoms with Crippen molar-refractivity contribution in [3.05, 3.63) is 89.0 Å². The van der Waals surface area contributed by atoms with Gasteiger partial charge in [-0.1, -0.05) is 36.4 Å². The third-order valence-corrected chi connectivity index (χ3v) is 4.57. The summed E-state index contributed by atoms with van der Waals surface area (Å²) in [5, 5.41) is 14.6. The number of anilines is 1. The fraction of sp³-hybridized carbons (Fsp3) is 0.0455. The SMILES string of the molecule is N#Cc1ccc(-c2ccc(NC(=O)c3ccccc3)c3c2CNC3=O)cc1. The molecule has 1 aliphatic rings. The van der Waals surface area contributed by atoms with Crippen LogP contribution in [0.25, 0.3) is 11.1 Å². The first-order valence-electron chi connectivity index (χ1n) is 8.48. The molecule has 3 aromatic carbocycles. The number of nitriles is 1. The van der Waals surface area contributed by atoms with Gasteiger partial charge in [0.1, 0.15) is 0 Å². The molecular formula is C22H15N3O2. The van der Waals surface area contributed by atoms with Gasteiger partial charge in [-0.25, -0.2) is 0 Å². The third-order valence-electron chi connectivity index (χ3n) is 4.57. The normalized spacial score (nSPS) is 12.0. The Bertz CT molecular complexity index is 1080. The zero-order chi connectivity index (χ0) is 18.8. The zero-order valence-electron chi connectivity index (χ0n) is 14.3. The smallest absolute Gasteiger partial charge is 0.255 e. The Morgan fingerprint density at radius 3 is 2.44 bits per heavy atom. The van der Waals surface area contributed by atoms with E-state index in [1.807, 2.05) is 24.3 Å². The number of hydrogen-bond donors (Lipinski definition) is 2. The van der Waals surface area contributed by atoms with Crippen LogP contribution in [0.4, 0.5) is 5.69 Å². The molecule has 0 saturated heterocycles. The minimum absolute atomic E-state index is 0.205. The number of amides is 2. The molecule has 4 rings (SSSR count). The minimum Gasteiger partial charge on any atom is -0.348 e. The van der Waals surface area contributed by atoms with Gasteiger partial charge in [0.15, 0.2) is 0 Å². The number of carbonyl (C=O) groups is 2. The quantitative estimate of drug-likeness (QED) is 0.753. The van der Waals surface area contributed by atoms with Gasteiger partial charge in [-0.2, -0.15) is 5.26 Å². The van der Waals surface area contributed by atoms with Gasteiger partial charge in [0.05, 0.1) is 22.9 Å². The second-order valence-electron chi connectivity index (χ2n) is 6.21. The number of nitrogens with zero attached hydrogens (tertiary/aromatic N) is 1. The van der Waals surface area contributed by atoms with Crippen LogP contribution >= 0.6 is 0 Å². The summed E-state index contributed by atoms with van der Waals surface area (Å²) in [5.74, 6) is -0.465. The highest BCUT2D eigenvalue weighted by Crippen LogP contribution is 2.34. The van der Waals surface area contributed by atoms with Crippen molar-refractivity contribution in [1.29, 1.82) is 5.26 Å². The summed E-state index contributed by atoms with van der Waals surface area (Å²) in [7, 11) is 0. The number of fused-ring (bicyclic) bond motifs is 1. The Morgan fingerprint density at radius 1 is 1.00 bits per heavy atom. The Balaban J connectivity index is 1.73. The Morgan fingerprint density at radius 2 is 1.74 bits per heavy atom. The molecule has 5 heteroatoms. The first-order chi connectivity index (χ1) is 13.2. The Hall–Kier alpha value is -3.91. The first-order valence-corrected chi connectivity index (χ1v) is 8.48. The van der Waals surface area contributed by atoms with Crippen molar-refractivity contribution in [2.45, 2.75) is 6.54 Å². The molecule has 5 nitrogen and oxygen atoms in total. The number of hydrogen-bond acceptors (Lipinski definition) is 3. The molecule has 1 heterocycles. The van der Waals surface area contributed by atoms with Crippen molar-refractivity contribution in [3.8, 4) is 17.2 Å². The predicted octanol–water partition coefficient (Wildman–Crippen LogP) is 3.72. The third kappa shape index (κ3) is 3.05. The van der Waals surface area contributed by atoms with Crippen molar-refractivity contribution in [3.63, 3.8) is 0 Å². The van der Waals surface area contributed by atoms with E-state index < -0.39 is 0 Å². The lowest BCUT2D eigenvalue weighted by molar-refractivity contribution is 0.0966. The molecule has 0 unspecified atom stereocenters. The standard InChI is InChI=1S/C22H15N3O2/c23-12-14-6-8-15(9-7-14)17-10-11-19(20-18(17)13-24-22(20)27)25-21(26)16-4-2-1-3-5-16/h1-11H,13H2,(H,24,27)(H,25,26). The molecule has 1 aliphatic heterocycles. The molecule has 0 aromatic heterocycles. The molecule has 0 aliphatic carbocycles. The fourth-order valence-corrected chi connectivity index (χ4v) is 3.23. The van der Waals surface area contributed by atoms with Gasteiger partial charge in [0.25, 0.3) is 11.8 Å². The predicted molar refractivity (Wildman–Crippen MR) is 102 cm³/mol. The lowest BCUT2D eigenvalue weighted by Crippen LogP contribution is -2.17. The summed E-state index contributed by atoms with van der Waals surface area (Å²) in [5.41, 5.74) is 4.76. The van der Waals surface area contributed by atoms with Crippen molar-refractivity contribution in [2.24, 2.45) is 0 Å². The van der Waals surface area contributed by atoms with E-state index in [1.54, 1.807) is 42.5 Å². The number of carbonyl (C=O) groups excluding carboxylic acids is 2. The Kier molecular flexibility index (Phi) is 4.15. The first kappa shape index (κ1) is 16.6. The van der Waals surface area contributed by atoms with Gasteiger partial charge in [-0.15, -0.1) is 0 Å². The van der Waals surface area contributed by atoms with E-state index >= 15 is 0 Å². The average molecular weight is 353 g/mol. The Labute approximate surface area is 156 Å². The maximum Gasteiger partial charge on any atom is 0.255 e. The lowest BCUT2D eigenvalue weighted by Gasteiger charge is -2.13. The van der Waals surface area contributed by atoms with Gasteiger partial charge < -0.3 is 10.6 Å². The monoisotopic (exact) mass is 353 g/mol. The van der Waals surface area contributed by atoms with Gasteiger partial charge in [-0.3, -0.25) is 9.59 Å². The highest BCUT2D eigenvalue weighted by molar-refractivity contribution is 6.11. The summed E-state index contributed by atoms with van der Waals surface area (Å²) >= 11 is 0. The van der Waals surface area contributed by atoms with Gasteiger partial charge >= 0.3 is 0 Å². The molecule has 0 spiro atoms. The van der Waals surface area contributed by atoms with Crippen LogP contribution in [0, 0.1) is 11.3 Å². The molecule has 0 fully saturated rings. The van der Waals surface area contributed by atoms with Crippen LogP contribution in [-0.2, 0) is 6.54 Å². The van der Waals surface area contributed by atoms with Crippen LogP contribution in [-0.4, -0.2) is 11.8 Å². The summed E-state index contributed by atoms with van der Waals surface area (Å²) in [6, 6.07) is 21.8. The molecule has 2 N–H and O–H groups in total. The summed E-state index contributed by atoms with van der Waals surface area (Å²) < 4.78 is 0. The van der Waals surface area contributed by atoms with Crippen LogP contribution in [0.1, 0.15) is 31.8 Å². The fourth-order valence-electron chi connectivity index (χ4n) is 3.23. The van der Waals surface area contributed by atoms with Crippen LogP contribution in [0.2, 0.25) is 0 Å². The van der Waals surface area contributed by atoms with E-state index in [-0.39, 0.29) is 11.8 Å². The molecule has 2 amide bonds. The molecule has 0 bridgehead atoms. The highest BCUT2D eigenvalue weighted by Gasteiger charge is 2.26. The molecule has 3 aromatic rings. The number of rotatable bonds is 3. The maximum atomic E-state index is 12.5. The highest BCUT2D eigenvalue weighted by atomic mass is 16.2. The van der Waals surface area contributed by atoms with Crippen LogP contribution in [0.3, 0.4) is 0 Å². The summed E-state index contributed by atoms with van der Waals surface area (Å²) in [6.07, 6.45) is 0. The van der Waals surface area contributed by atoms with E-state index in [4.69, 9.17) is 5.26 Å². The average Bonchev–Trinajstić information content (AvgIpc) is 3.11. The van der Waals surface area contributed by atoms with Crippen molar-refractivity contribution in [2.75, 3.05) is 5.32 Å². The lowest BCUT2D eigenvalue weighted by atomic mass is 9.95. The van der Waals surface area contributed by atoms with Crippen molar-refractivity contribution >= 4 is 17.5 Å². The maximum absolute atomic E-state index is 12.5. The van der Waals surface area contributed by atoms with E-state index in [0.29, 0.717) is 28.9 Å². The van der Waals surface area contributed by atoms with E-state index in [9.17, 15) is 9.59 Å². The summed E-state index contributed by atoms with van der Waals surface area (Å²) in [4.78, 5) is 24.9. The van der Waals surface area contributed by atoms with Crippen LogP contribution < -0.4 is 10.6 Å². The molecule has 27 heavy (non-hydrogen) atoms. The molecule has 0 radical (unpaired) electrons. The van der Waals surface area contributed by atoms with Crippen LogP contribution in [0.5, 0.6) is 0 Å². The second kappa shape index (κ2) is 6.77. The summed E-state index contributed by atoms with van der Waals surface area (Å²) in [6.45, 7) is 0.401. The number of benzene rings is 3. The second-order valence-corrected chi connectivity index (χ2v) is 6.21. The zero-order valence-corrected chi connectivity index (χ0v) is 14.3. The van der Waals surface area contributed by atoms with Gasteiger partial charge in [-0.05, 0) is 47.0 Å². The van der Waals surface area contributed by atoms with Gasteiger partial charge in [0.2, 0.25) is 0 Å². The molecule has 130 valence electrons. The largest absolute Gasteiger partial charge is 0.348 e. The van der Waals surface area contributed by atoms with E-state index in [2.05, 4.69) is 16.7 Å². The van der Waals surface area contributed by atoms with Gasteiger partial charge in [0, 0.05) is 12.1 Å². The van der Waals surface area contributed by atoms with E-state index in [0.717, 1.165) is 16.7 Å². The topological polar surface area (TPSA) is 82.0 Å². The van der Waals surface area contributed by atoms with Crippen LogP contribution in [0.15, 0.2) is 66.7 Å². The van der Waals surface area contributed by atoms with Crippen molar-refractivity contribution in [1.82, 2.24) is 5.32 Å². The molecular weight excluding hydrogens is 338 g/mol. The molecule has 0 saturated carbocycles. The minimum atomic E-state index is -0.261. The van der Waals surface area contributed by atoms with E-state index in [1.165, 1.54) is 0 Å². The van der Waals surface area contributed by atoms with Crippen molar-refractivity contribution < 1.29 is 9.59 Å².